The standard InChI is InChI=1S/C16H12N2OS/c19-16(15-5-3-11-20-15)18-13-8-6-12(7-9-13)14-4-1-2-10-17-14/h1-11H,(H,18,19). The summed E-state index contributed by atoms with van der Waals surface area (Å²) in [6.07, 6.45) is 1.77. The van der Waals surface area contributed by atoms with E-state index in [1.54, 1.807) is 6.20 Å². The van der Waals surface area contributed by atoms with Gasteiger partial charge in [0.15, 0.2) is 0 Å². The van der Waals surface area contributed by atoms with Crippen LogP contribution in [0.3, 0.4) is 0 Å². The van der Waals surface area contributed by atoms with Gasteiger partial charge in [0.1, 0.15) is 0 Å². The summed E-state index contributed by atoms with van der Waals surface area (Å²) in [5, 5.41) is 4.76. The minimum absolute atomic E-state index is 0.0782. The van der Waals surface area contributed by atoms with Crippen molar-refractivity contribution >= 4 is 22.9 Å². The van der Waals surface area contributed by atoms with Crippen LogP contribution >= 0.6 is 11.3 Å². The average Bonchev–Trinajstić information content (AvgIpc) is 3.03. The molecule has 0 unspecified atom stereocenters. The number of pyridine rings is 1. The molecular weight excluding hydrogens is 268 g/mol. The van der Waals surface area contributed by atoms with Gasteiger partial charge in [-0.05, 0) is 35.7 Å². The van der Waals surface area contributed by atoms with Crippen LogP contribution in [0.2, 0.25) is 0 Å². The predicted octanol–water partition coefficient (Wildman–Crippen LogP) is 4.06. The first kappa shape index (κ1) is 12.6. The normalized spacial score (nSPS) is 10.2. The van der Waals surface area contributed by atoms with Gasteiger partial charge in [0.25, 0.3) is 5.91 Å². The first-order chi connectivity index (χ1) is 9.83. The highest BCUT2D eigenvalue weighted by Gasteiger charge is 2.06. The first-order valence-corrected chi connectivity index (χ1v) is 7.07. The topological polar surface area (TPSA) is 42.0 Å². The highest BCUT2D eigenvalue weighted by atomic mass is 32.1. The largest absolute Gasteiger partial charge is 0.321 e. The Morgan fingerprint density at radius 1 is 1.00 bits per heavy atom. The number of thiophene rings is 1. The van der Waals surface area contributed by atoms with Crippen LogP contribution in [0.4, 0.5) is 5.69 Å². The maximum absolute atomic E-state index is 11.9. The minimum atomic E-state index is -0.0782. The van der Waals surface area contributed by atoms with Crippen molar-refractivity contribution in [1.82, 2.24) is 4.98 Å². The quantitative estimate of drug-likeness (QED) is 0.786. The van der Waals surface area contributed by atoms with Crippen molar-refractivity contribution in [2.24, 2.45) is 0 Å². The molecule has 1 N–H and O–H groups in total. The van der Waals surface area contributed by atoms with Gasteiger partial charge in [0.2, 0.25) is 0 Å². The fourth-order valence-corrected chi connectivity index (χ4v) is 2.48. The van der Waals surface area contributed by atoms with Gasteiger partial charge in [-0.2, -0.15) is 0 Å². The summed E-state index contributed by atoms with van der Waals surface area (Å²) < 4.78 is 0. The number of carbonyl (C=O) groups is 1. The SMILES string of the molecule is O=C(Nc1ccc(-c2ccccn2)cc1)c1cccs1. The molecular formula is C16H12N2OS. The van der Waals surface area contributed by atoms with E-state index in [1.165, 1.54) is 11.3 Å². The third-order valence-electron chi connectivity index (χ3n) is 2.85. The zero-order valence-electron chi connectivity index (χ0n) is 10.6. The molecule has 3 nitrogen and oxygen atoms in total. The Morgan fingerprint density at radius 2 is 1.85 bits per heavy atom. The Bertz CT molecular complexity index is 691. The second-order valence-electron chi connectivity index (χ2n) is 4.22. The number of hydrogen-bond donors (Lipinski definition) is 1. The molecule has 3 aromatic rings. The molecule has 1 aromatic carbocycles. The lowest BCUT2D eigenvalue weighted by Crippen LogP contribution is -2.09. The highest BCUT2D eigenvalue weighted by molar-refractivity contribution is 7.12. The molecule has 0 radical (unpaired) electrons. The lowest BCUT2D eigenvalue weighted by molar-refractivity contribution is 0.103. The minimum Gasteiger partial charge on any atom is -0.321 e. The summed E-state index contributed by atoms with van der Waals surface area (Å²) in [6.45, 7) is 0. The highest BCUT2D eigenvalue weighted by Crippen LogP contribution is 2.20. The van der Waals surface area contributed by atoms with Crippen LogP contribution in [0.15, 0.2) is 66.2 Å². The molecule has 0 aliphatic rings. The number of rotatable bonds is 3. The number of nitrogens with one attached hydrogen (secondary N) is 1. The van der Waals surface area contributed by atoms with E-state index in [1.807, 2.05) is 60.0 Å². The third kappa shape index (κ3) is 2.75. The zero-order valence-corrected chi connectivity index (χ0v) is 11.4. The van der Waals surface area contributed by atoms with Crippen molar-refractivity contribution in [3.8, 4) is 11.3 Å². The van der Waals surface area contributed by atoms with Gasteiger partial charge in [-0.1, -0.05) is 24.3 Å². The van der Waals surface area contributed by atoms with Gasteiger partial charge >= 0.3 is 0 Å². The number of hydrogen-bond acceptors (Lipinski definition) is 3. The van der Waals surface area contributed by atoms with Gasteiger partial charge in [-0.3, -0.25) is 9.78 Å². The van der Waals surface area contributed by atoms with Crippen molar-refractivity contribution < 1.29 is 4.79 Å². The maximum Gasteiger partial charge on any atom is 0.265 e. The van der Waals surface area contributed by atoms with Crippen LogP contribution < -0.4 is 5.32 Å². The number of benzene rings is 1. The van der Waals surface area contributed by atoms with Gasteiger partial charge in [-0.25, -0.2) is 0 Å². The van der Waals surface area contributed by atoms with Crippen molar-refractivity contribution in [2.45, 2.75) is 0 Å². The van der Waals surface area contributed by atoms with E-state index in [0.717, 1.165) is 16.9 Å². The van der Waals surface area contributed by atoms with Gasteiger partial charge in [0.05, 0.1) is 10.6 Å². The Labute approximate surface area is 120 Å². The Kier molecular flexibility index (Phi) is 3.56. The summed E-state index contributed by atoms with van der Waals surface area (Å²) in [5.74, 6) is -0.0782. The average molecular weight is 280 g/mol. The number of aromatic nitrogens is 1. The molecule has 3 rings (SSSR count). The maximum atomic E-state index is 11.9. The van der Waals surface area contributed by atoms with Crippen LogP contribution in [0, 0.1) is 0 Å². The van der Waals surface area contributed by atoms with Gasteiger partial charge < -0.3 is 5.32 Å². The number of amides is 1. The van der Waals surface area contributed by atoms with Crippen LogP contribution in [0.25, 0.3) is 11.3 Å². The van der Waals surface area contributed by atoms with E-state index in [0.29, 0.717) is 4.88 Å². The zero-order chi connectivity index (χ0) is 13.8. The summed E-state index contributed by atoms with van der Waals surface area (Å²) in [7, 11) is 0. The molecule has 0 aliphatic carbocycles. The molecule has 2 heterocycles. The molecule has 98 valence electrons. The second kappa shape index (κ2) is 5.67. The molecule has 2 aromatic heterocycles. The van der Waals surface area contributed by atoms with Gasteiger partial charge in [0, 0.05) is 17.4 Å². The first-order valence-electron chi connectivity index (χ1n) is 6.19. The van der Waals surface area contributed by atoms with Crippen LogP contribution in [0.5, 0.6) is 0 Å². The molecule has 0 atom stereocenters. The van der Waals surface area contributed by atoms with E-state index >= 15 is 0 Å². The van der Waals surface area contributed by atoms with Crippen molar-refractivity contribution in [3.63, 3.8) is 0 Å². The van der Waals surface area contributed by atoms with Crippen LogP contribution in [-0.2, 0) is 0 Å². The number of nitrogens with zero attached hydrogens (tertiary/aromatic N) is 1. The molecule has 0 aliphatic heterocycles. The van der Waals surface area contributed by atoms with E-state index in [-0.39, 0.29) is 5.91 Å². The molecule has 0 spiro atoms. The lowest BCUT2D eigenvalue weighted by atomic mass is 10.1. The predicted molar refractivity (Wildman–Crippen MR) is 81.9 cm³/mol. The van der Waals surface area contributed by atoms with Gasteiger partial charge in [-0.15, -0.1) is 11.3 Å². The van der Waals surface area contributed by atoms with E-state index < -0.39 is 0 Å². The molecule has 0 fully saturated rings. The molecule has 0 saturated heterocycles. The van der Waals surface area contributed by atoms with E-state index in [2.05, 4.69) is 10.3 Å². The Morgan fingerprint density at radius 3 is 2.50 bits per heavy atom. The molecule has 20 heavy (non-hydrogen) atoms. The van der Waals surface area contributed by atoms with Crippen LogP contribution in [0.1, 0.15) is 9.67 Å². The molecule has 4 heteroatoms. The molecule has 0 saturated carbocycles. The summed E-state index contributed by atoms with van der Waals surface area (Å²) >= 11 is 1.43. The third-order valence-corrected chi connectivity index (χ3v) is 3.72. The summed E-state index contributed by atoms with van der Waals surface area (Å²) in [6, 6.07) is 17.1. The van der Waals surface area contributed by atoms with E-state index in [4.69, 9.17) is 0 Å². The van der Waals surface area contributed by atoms with Crippen molar-refractivity contribution in [1.29, 1.82) is 0 Å². The van der Waals surface area contributed by atoms with Crippen molar-refractivity contribution in [2.75, 3.05) is 5.32 Å². The Hall–Kier alpha value is -2.46. The fraction of sp³-hybridized carbons (Fsp3) is 0. The van der Waals surface area contributed by atoms with Crippen LogP contribution in [-0.4, -0.2) is 10.9 Å². The Balaban J connectivity index is 1.75. The second-order valence-corrected chi connectivity index (χ2v) is 5.17. The number of anilines is 1. The monoisotopic (exact) mass is 280 g/mol. The molecule has 0 bridgehead atoms. The fourth-order valence-electron chi connectivity index (χ4n) is 1.86. The molecule has 1 amide bonds. The van der Waals surface area contributed by atoms with E-state index in [9.17, 15) is 4.79 Å². The lowest BCUT2D eigenvalue weighted by Gasteiger charge is -2.05. The summed E-state index contributed by atoms with van der Waals surface area (Å²) in [4.78, 5) is 16.9. The summed E-state index contributed by atoms with van der Waals surface area (Å²) in [5.41, 5.74) is 2.73. The van der Waals surface area contributed by atoms with Crippen molar-refractivity contribution in [3.05, 3.63) is 71.1 Å². The number of carbonyl (C=O) groups excluding carboxylic acids is 1. The smallest absolute Gasteiger partial charge is 0.265 e.